The first-order valence-corrected chi connectivity index (χ1v) is 11.3. The third-order valence-corrected chi connectivity index (χ3v) is 6.72. The average Bonchev–Trinajstić information content (AvgIpc) is 3.30. The average molecular weight is 442 g/mol. The Balaban J connectivity index is 1.38. The number of amides is 1. The van der Waals surface area contributed by atoms with E-state index in [0.717, 1.165) is 11.3 Å². The van der Waals surface area contributed by atoms with Crippen molar-refractivity contribution >= 4 is 15.9 Å². The molecule has 3 aromatic rings. The summed E-state index contributed by atoms with van der Waals surface area (Å²) in [5, 5.41) is 2.80. The lowest BCUT2D eigenvalue weighted by Crippen LogP contribution is -2.40. The second-order valence-electron chi connectivity index (χ2n) is 7.01. The van der Waals surface area contributed by atoms with Crippen molar-refractivity contribution in [2.75, 3.05) is 26.3 Å². The Hall–Kier alpha value is -3.14. The monoisotopic (exact) mass is 441 g/mol. The Labute approximate surface area is 180 Å². The van der Waals surface area contributed by atoms with Crippen molar-refractivity contribution in [3.8, 4) is 11.5 Å². The van der Waals surface area contributed by atoms with Crippen LogP contribution in [0.5, 0.6) is 11.5 Å². The predicted octanol–water partition coefficient (Wildman–Crippen LogP) is 2.76. The maximum Gasteiger partial charge on any atom is 0.268 e. The number of ether oxygens (including phenoxy) is 2. The molecule has 1 fully saturated rings. The van der Waals surface area contributed by atoms with Gasteiger partial charge in [-0.3, -0.25) is 4.79 Å². The van der Waals surface area contributed by atoms with Gasteiger partial charge in [0.25, 0.3) is 5.91 Å². The van der Waals surface area contributed by atoms with Gasteiger partial charge in [0.15, 0.2) is 0 Å². The minimum Gasteiger partial charge on any atom is -0.457 e. The van der Waals surface area contributed by atoms with Gasteiger partial charge in [-0.25, -0.2) is 8.42 Å². The standard InChI is InChI=1S/C22H23N3O5S/c26-22(21-14-20(16-23-21)31(27,28)25-9-11-29-12-10-25)24-15-17-5-4-8-19(13-17)30-18-6-2-1-3-7-18/h1-8,13-14,16,23H,9-12,15H2,(H,24,26). The molecule has 4 rings (SSSR count). The summed E-state index contributed by atoms with van der Waals surface area (Å²) in [6, 6.07) is 18.2. The first-order valence-electron chi connectivity index (χ1n) is 9.89. The number of hydrogen-bond donors (Lipinski definition) is 2. The first kappa shape index (κ1) is 21.1. The molecule has 31 heavy (non-hydrogen) atoms. The number of para-hydroxylation sites is 1. The molecule has 1 aromatic heterocycles. The van der Waals surface area contributed by atoms with Crippen LogP contribution in [0.3, 0.4) is 0 Å². The summed E-state index contributed by atoms with van der Waals surface area (Å²) < 4.78 is 37.8. The number of nitrogens with one attached hydrogen (secondary N) is 2. The third kappa shape index (κ3) is 5.13. The summed E-state index contributed by atoms with van der Waals surface area (Å²) in [6.45, 7) is 1.61. The van der Waals surface area contributed by atoms with Crippen molar-refractivity contribution in [3.63, 3.8) is 0 Å². The molecule has 9 heteroatoms. The minimum absolute atomic E-state index is 0.0674. The van der Waals surface area contributed by atoms with Crippen LogP contribution in [0.1, 0.15) is 16.1 Å². The molecule has 1 amide bonds. The zero-order chi connectivity index (χ0) is 21.7. The van der Waals surface area contributed by atoms with Crippen LogP contribution in [-0.2, 0) is 21.3 Å². The van der Waals surface area contributed by atoms with E-state index < -0.39 is 15.9 Å². The SMILES string of the molecule is O=C(NCc1cccc(Oc2ccccc2)c1)c1cc(S(=O)(=O)N2CCOCC2)c[nH]1. The first-order chi connectivity index (χ1) is 15.0. The van der Waals surface area contributed by atoms with E-state index in [-0.39, 0.29) is 17.1 Å². The number of benzene rings is 2. The highest BCUT2D eigenvalue weighted by atomic mass is 32.2. The molecule has 1 aliphatic heterocycles. The van der Waals surface area contributed by atoms with Gasteiger partial charge in [-0.2, -0.15) is 4.31 Å². The van der Waals surface area contributed by atoms with Crippen LogP contribution in [0.15, 0.2) is 71.8 Å². The fourth-order valence-electron chi connectivity index (χ4n) is 3.21. The molecule has 1 aliphatic rings. The Morgan fingerprint density at radius 1 is 1.03 bits per heavy atom. The maximum absolute atomic E-state index is 12.7. The highest BCUT2D eigenvalue weighted by molar-refractivity contribution is 7.89. The van der Waals surface area contributed by atoms with Crippen LogP contribution in [0.4, 0.5) is 0 Å². The zero-order valence-corrected chi connectivity index (χ0v) is 17.6. The smallest absolute Gasteiger partial charge is 0.268 e. The number of rotatable bonds is 7. The summed E-state index contributed by atoms with van der Waals surface area (Å²) in [7, 11) is -3.65. The van der Waals surface area contributed by atoms with E-state index >= 15 is 0 Å². The molecule has 2 aromatic carbocycles. The van der Waals surface area contributed by atoms with Crippen LogP contribution < -0.4 is 10.1 Å². The maximum atomic E-state index is 12.7. The highest BCUT2D eigenvalue weighted by Gasteiger charge is 2.27. The fourth-order valence-corrected chi connectivity index (χ4v) is 4.61. The number of morpholine rings is 1. The van der Waals surface area contributed by atoms with Crippen molar-refractivity contribution in [1.82, 2.24) is 14.6 Å². The third-order valence-electron chi connectivity index (χ3n) is 4.84. The Morgan fingerprint density at radius 2 is 1.77 bits per heavy atom. The van der Waals surface area contributed by atoms with E-state index in [9.17, 15) is 13.2 Å². The fraction of sp³-hybridized carbons (Fsp3) is 0.227. The molecule has 1 saturated heterocycles. The van der Waals surface area contributed by atoms with E-state index in [0.29, 0.717) is 32.1 Å². The molecule has 2 heterocycles. The predicted molar refractivity (Wildman–Crippen MR) is 114 cm³/mol. The van der Waals surface area contributed by atoms with Gasteiger partial charge in [0, 0.05) is 25.8 Å². The molecule has 0 spiro atoms. The largest absolute Gasteiger partial charge is 0.457 e. The van der Waals surface area contributed by atoms with Gasteiger partial charge in [0.1, 0.15) is 22.1 Å². The number of aromatic nitrogens is 1. The number of nitrogens with zero attached hydrogens (tertiary/aromatic N) is 1. The minimum atomic E-state index is -3.65. The molecular weight excluding hydrogens is 418 g/mol. The van der Waals surface area contributed by atoms with Gasteiger partial charge in [0.2, 0.25) is 10.0 Å². The topological polar surface area (TPSA) is 101 Å². The number of sulfonamides is 1. The van der Waals surface area contributed by atoms with E-state index in [4.69, 9.17) is 9.47 Å². The molecule has 0 saturated carbocycles. The van der Waals surface area contributed by atoms with Gasteiger partial charge >= 0.3 is 0 Å². The molecule has 0 atom stereocenters. The van der Waals surface area contributed by atoms with Crippen molar-refractivity contribution in [2.45, 2.75) is 11.4 Å². The number of H-pyrrole nitrogens is 1. The molecule has 0 radical (unpaired) electrons. The van der Waals surface area contributed by atoms with E-state index in [1.54, 1.807) is 0 Å². The number of aromatic amines is 1. The molecule has 0 bridgehead atoms. The number of hydrogen-bond acceptors (Lipinski definition) is 5. The molecule has 8 nitrogen and oxygen atoms in total. The summed E-state index contributed by atoms with van der Waals surface area (Å²) in [5.41, 5.74) is 1.04. The van der Waals surface area contributed by atoms with Crippen LogP contribution in [0.2, 0.25) is 0 Å². The molecule has 2 N–H and O–H groups in total. The van der Waals surface area contributed by atoms with Crippen LogP contribution in [0, 0.1) is 0 Å². The van der Waals surface area contributed by atoms with Crippen LogP contribution in [-0.4, -0.2) is 49.9 Å². The Kier molecular flexibility index (Phi) is 6.36. The normalized spacial score (nSPS) is 14.8. The number of carbonyl (C=O) groups is 1. The van der Waals surface area contributed by atoms with Crippen molar-refractivity contribution in [3.05, 3.63) is 78.1 Å². The second-order valence-corrected chi connectivity index (χ2v) is 8.95. The van der Waals surface area contributed by atoms with Gasteiger partial charge in [-0.15, -0.1) is 0 Å². The van der Waals surface area contributed by atoms with Crippen molar-refractivity contribution < 1.29 is 22.7 Å². The van der Waals surface area contributed by atoms with Crippen LogP contribution in [0.25, 0.3) is 0 Å². The van der Waals surface area contributed by atoms with Crippen molar-refractivity contribution in [2.24, 2.45) is 0 Å². The Bertz CT molecular complexity index is 1140. The van der Waals surface area contributed by atoms with E-state index in [2.05, 4.69) is 10.3 Å². The lowest BCUT2D eigenvalue weighted by molar-refractivity contribution is 0.0730. The lowest BCUT2D eigenvalue weighted by atomic mass is 10.2. The summed E-state index contributed by atoms with van der Waals surface area (Å²) >= 11 is 0. The van der Waals surface area contributed by atoms with E-state index in [1.165, 1.54) is 16.6 Å². The van der Waals surface area contributed by atoms with Gasteiger partial charge < -0.3 is 19.8 Å². The zero-order valence-electron chi connectivity index (χ0n) is 16.8. The lowest BCUT2D eigenvalue weighted by Gasteiger charge is -2.25. The molecular formula is C22H23N3O5S. The molecule has 0 aliphatic carbocycles. The van der Waals surface area contributed by atoms with Gasteiger partial charge in [0.05, 0.1) is 13.2 Å². The van der Waals surface area contributed by atoms with Crippen LogP contribution >= 0.6 is 0 Å². The second kappa shape index (κ2) is 9.34. The van der Waals surface area contributed by atoms with Gasteiger partial charge in [-0.1, -0.05) is 30.3 Å². The van der Waals surface area contributed by atoms with E-state index in [1.807, 2.05) is 54.6 Å². The molecule has 162 valence electrons. The summed E-state index contributed by atoms with van der Waals surface area (Å²) in [5.74, 6) is 0.999. The van der Waals surface area contributed by atoms with Gasteiger partial charge in [-0.05, 0) is 35.9 Å². The Morgan fingerprint density at radius 3 is 2.55 bits per heavy atom. The quantitative estimate of drug-likeness (QED) is 0.587. The molecule has 0 unspecified atom stereocenters. The summed E-state index contributed by atoms with van der Waals surface area (Å²) in [4.78, 5) is 15.3. The highest BCUT2D eigenvalue weighted by Crippen LogP contribution is 2.22. The summed E-state index contributed by atoms with van der Waals surface area (Å²) in [6.07, 6.45) is 1.34. The van der Waals surface area contributed by atoms with Crippen molar-refractivity contribution in [1.29, 1.82) is 0 Å². The number of carbonyl (C=O) groups excluding carboxylic acids is 1.